The van der Waals surface area contributed by atoms with Gasteiger partial charge in [0.2, 0.25) is 0 Å². The lowest BCUT2D eigenvalue weighted by molar-refractivity contribution is -0.181. The fraction of sp³-hybridized carbons (Fsp3) is 0.857. The van der Waals surface area contributed by atoms with Crippen LogP contribution in [0.2, 0.25) is 0 Å². The van der Waals surface area contributed by atoms with Crippen LogP contribution in [-0.2, 0) is 19.1 Å². The van der Waals surface area contributed by atoms with Gasteiger partial charge >= 0.3 is 11.9 Å². The van der Waals surface area contributed by atoms with Gasteiger partial charge in [0.1, 0.15) is 11.2 Å². The number of piperidine rings is 2. The minimum atomic E-state index is -1.91. The van der Waals surface area contributed by atoms with E-state index < -0.39 is 35.3 Å². The standard InChI is InChI=1S/C14H20N2O6/c17-9(11(19)21-13-1-7(13)3-15-5-13)10(18)12(20)22-14-2-8(14)4-16-6-14/h7-10,15-18H,1-6H2. The molecule has 4 aliphatic rings. The third-order valence-electron chi connectivity index (χ3n) is 5.37. The van der Waals surface area contributed by atoms with Crippen LogP contribution in [0, 0.1) is 11.8 Å². The van der Waals surface area contributed by atoms with Crippen molar-refractivity contribution < 1.29 is 29.3 Å². The molecule has 0 radical (unpaired) electrons. The number of fused-ring (bicyclic) bond motifs is 2. The maximum atomic E-state index is 11.9. The lowest BCUT2D eigenvalue weighted by atomic mass is 10.2. The first-order valence-corrected chi connectivity index (χ1v) is 7.69. The number of aliphatic hydroxyl groups is 2. The Morgan fingerprint density at radius 2 is 1.32 bits per heavy atom. The van der Waals surface area contributed by atoms with Gasteiger partial charge in [0.15, 0.2) is 12.2 Å². The maximum Gasteiger partial charge on any atom is 0.338 e. The van der Waals surface area contributed by atoms with Gasteiger partial charge in [-0.3, -0.25) is 0 Å². The van der Waals surface area contributed by atoms with Crippen LogP contribution in [-0.4, -0.2) is 71.7 Å². The van der Waals surface area contributed by atoms with Crippen molar-refractivity contribution in [3.8, 4) is 0 Å². The molecule has 122 valence electrons. The summed E-state index contributed by atoms with van der Waals surface area (Å²) in [5, 5.41) is 25.9. The Bertz CT molecular complexity index is 481. The van der Waals surface area contributed by atoms with Crippen LogP contribution >= 0.6 is 0 Å². The van der Waals surface area contributed by atoms with Crippen molar-refractivity contribution in [3.05, 3.63) is 0 Å². The van der Waals surface area contributed by atoms with Gasteiger partial charge in [-0.2, -0.15) is 0 Å². The zero-order valence-corrected chi connectivity index (χ0v) is 12.1. The normalized spacial score (nSPS) is 43.7. The number of ether oxygens (including phenoxy) is 2. The molecule has 6 atom stereocenters. The minimum Gasteiger partial charge on any atom is -0.455 e. The van der Waals surface area contributed by atoms with Crippen LogP contribution in [0.5, 0.6) is 0 Å². The van der Waals surface area contributed by atoms with Crippen LogP contribution < -0.4 is 10.6 Å². The molecular weight excluding hydrogens is 292 g/mol. The second-order valence-electron chi connectivity index (χ2n) is 6.93. The highest BCUT2D eigenvalue weighted by atomic mass is 16.6. The van der Waals surface area contributed by atoms with Crippen molar-refractivity contribution in [2.75, 3.05) is 26.2 Å². The van der Waals surface area contributed by atoms with Crippen LogP contribution in [0.25, 0.3) is 0 Å². The predicted molar refractivity (Wildman–Crippen MR) is 71.6 cm³/mol. The van der Waals surface area contributed by atoms with Crippen molar-refractivity contribution in [2.24, 2.45) is 11.8 Å². The van der Waals surface area contributed by atoms with Crippen molar-refractivity contribution in [1.29, 1.82) is 0 Å². The van der Waals surface area contributed by atoms with E-state index in [0.717, 1.165) is 25.9 Å². The van der Waals surface area contributed by atoms with Gasteiger partial charge in [-0.05, 0) is 12.8 Å². The molecule has 4 fully saturated rings. The van der Waals surface area contributed by atoms with Crippen LogP contribution in [0.1, 0.15) is 12.8 Å². The molecule has 6 unspecified atom stereocenters. The summed E-state index contributed by atoms with van der Waals surface area (Å²) in [6, 6.07) is 0. The van der Waals surface area contributed by atoms with Crippen molar-refractivity contribution in [2.45, 2.75) is 36.3 Å². The molecule has 2 aliphatic heterocycles. The van der Waals surface area contributed by atoms with Gasteiger partial charge < -0.3 is 30.3 Å². The summed E-state index contributed by atoms with van der Waals surface area (Å²) in [7, 11) is 0. The fourth-order valence-corrected chi connectivity index (χ4v) is 3.68. The summed E-state index contributed by atoms with van der Waals surface area (Å²) in [6.07, 6.45) is -2.30. The molecule has 8 nitrogen and oxygen atoms in total. The number of aliphatic hydroxyl groups excluding tert-OH is 2. The highest BCUT2D eigenvalue weighted by molar-refractivity contribution is 5.86. The Hall–Kier alpha value is -1.22. The van der Waals surface area contributed by atoms with E-state index in [4.69, 9.17) is 9.47 Å². The molecule has 0 spiro atoms. The van der Waals surface area contributed by atoms with Gasteiger partial charge in [-0.25, -0.2) is 9.59 Å². The molecule has 2 aliphatic carbocycles. The molecule has 22 heavy (non-hydrogen) atoms. The zero-order valence-electron chi connectivity index (χ0n) is 12.1. The molecule has 2 saturated heterocycles. The first-order chi connectivity index (χ1) is 10.5. The average Bonchev–Trinajstić information content (AvgIpc) is 3.26. The van der Waals surface area contributed by atoms with Gasteiger partial charge in [-0.15, -0.1) is 0 Å². The Morgan fingerprint density at radius 1 is 0.909 bits per heavy atom. The average molecular weight is 312 g/mol. The number of carbonyl (C=O) groups excluding carboxylic acids is 2. The van der Waals surface area contributed by atoms with E-state index in [1.54, 1.807) is 0 Å². The van der Waals surface area contributed by atoms with Gasteiger partial charge in [0.05, 0.1) is 0 Å². The summed E-state index contributed by atoms with van der Waals surface area (Å²) in [4.78, 5) is 23.8. The summed E-state index contributed by atoms with van der Waals surface area (Å²) < 4.78 is 10.6. The van der Waals surface area contributed by atoms with E-state index >= 15 is 0 Å². The topological polar surface area (TPSA) is 117 Å². The Labute approximate surface area is 127 Å². The highest BCUT2D eigenvalue weighted by Gasteiger charge is 2.63. The van der Waals surface area contributed by atoms with Crippen LogP contribution in [0.4, 0.5) is 0 Å². The molecule has 2 saturated carbocycles. The summed E-state index contributed by atoms with van der Waals surface area (Å²) in [6.45, 7) is 2.66. The second kappa shape index (κ2) is 4.64. The van der Waals surface area contributed by atoms with Crippen molar-refractivity contribution in [3.63, 3.8) is 0 Å². The summed E-state index contributed by atoms with van der Waals surface area (Å²) in [5.41, 5.74) is -1.12. The molecule has 0 aromatic carbocycles. The van der Waals surface area contributed by atoms with E-state index in [9.17, 15) is 19.8 Å². The SMILES string of the molecule is O=C(OC12CNCC1C2)C(O)C(O)C(=O)OC12CNCC1C2. The molecule has 0 bridgehead atoms. The Balaban J connectivity index is 1.32. The highest BCUT2D eigenvalue weighted by Crippen LogP contribution is 2.50. The summed E-state index contributed by atoms with van der Waals surface area (Å²) in [5.74, 6) is -1.40. The number of carbonyl (C=O) groups is 2. The van der Waals surface area contributed by atoms with Gasteiger partial charge in [0, 0.05) is 38.0 Å². The molecular formula is C14H20N2O6. The quantitative estimate of drug-likeness (QED) is 0.412. The monoisotopic (exact) mass is 312 g/mol. The number of nitrogens with one attached hydrogen (secondary N) is 2. The van der Waals surface area contributed by atoms with Crippen molar-refractivity contribution in [1.82, 2.24) is 10.6 Å². The minimum absolute atomic E-state index is 0.267. The molecule has 4 N–H and O–H groups in total. The number of rotatable bonds is 5. The lowest BCUT2D eigenvalue weighted by Gasteiger charge is -2.21. The van der Waals surface area contributed by atoms with E-state index in [-0.39, 0.29) is 11.8 Å². The molecule has 0 aromatic heterocycles. The second-order valence-corrected chi connectivity index (χ2v) is 6.93. The van der Waals surface area contributed by atoms with Crippen molar-refractivity contribution >= 4 is 11.9 Å². The first-order valence-electron chi connectivity index (χ1n) is 7.69. The molecule has 0 aromatic rings. The number of hydrogen-bond acceptors (Lipinski definition) is 8. The van der Waals surface area contributed by atoms with Gasteiger partial charge in [0.25, 0.3) is 0 Å². The smallest absolute Gasteiger partial charge is 0.338 e. The third-order valence-corrected chi connectivity index (χ3v) is 5.37. The van der Waals surface area contributed by atoms with E-state index in [1.165, 1.54) is 0 Å². The molecule has 8 heteroatoms. The fourth-order valence-electron chi connectivity index (χ4n) is 3.68. The number of hydrogen-bond donors (Lipinski definition) is 4. The lowest BCUT2D eigenvalue weighted by Crippen LogP contribution is -2.45. The first kappa shape index (κ1) is 14.4. The third kappa shape index (κ3) is 2.13. The largest absolute Gasteiger partial charge is 0.455 e. The predicted octanol–water partition coefficient (Wildman–Crippen LogP) is -2.48. The van der Waals surface area contributed by atoms with E-state index in [2.05, 4.69) is 10.6 Å². The Morgan fingerprint density at radius 3 is 1.59 bits per heavy atom. The van der Waals surface area contributed by atoms with Crippen LogP contribution in [0.15, 0.2) is 0 Å². The van der Waals surface area contributed by atoms with E-state index in [0.29, 0.717) is 13.1 Å². The number of esters is 2. The maximum absolute atomic E-state index is 11.9. The Kier molecular flexibility index (Phi) is 3.03. The van der Waals surface area contributed by atoms with Gasteiger partial charge in [-0.1, -0.05) is 0 Å². The summed E-state index contributed by atoms with van der Waals surface area (Å²) >= 11 is 0. The molecule has 2 heterocycles. The van der Waals surface area contributed by atoms with E-state index in [1.807, 2.05) is 0 Å². The zero-order chi connectivity index (χ0) is 15.5. The van der Waals surface area contributed by atoms with Crippen LogP contribution in [0.3, 0.4) is 0 Å². The molecule has 0 amide bonds. The molecule has 4 rings (SSSR count).